The van der Waals surface area contributed by atoms with Crippen molar-refractivity contribution in [3.05, 3.63) is 17.2 Å². The molecule has 0 spiro atoms. The molecule has 0 aromatic carbocycles. The van der Waals surface area contributed by atoms with E-state index in [2.05, 4.69) is 29.4 Å². The SMILES string of the molecule is CC(C)/C=N/NC(=O)c1nc(C2C3CC4CC(C3)CC2C4)[nH]c1C1C2CC3CC(C2)CC1C3. The number of amides is 1. The molecule has 0 saturated heterocycles. The molecule has 178 valence electrons. The van der Waals surface area contributed by atoms with Crippen molar-refractivity contribution in [1.82, 2.24) is 15.4 Å². The van der Waals surface area contributed by atoms with Gasteiger partial charge in [0.1, 0.15) is 5.82 Å². The minimum Gasteiger partial charge on any atom is -0.345 e. The van der Waals surface area contributed by atoms with E-state index in [0.29, 0.717) is 23.4 Å². The van der Waals surface area contributed by atoms with Crippen LogP contribution in [0.25, 0.3) is 0 Å². The zero-order chi connectivity index (χ0) is 22.3. The summed E-state index contributed by atoms with van der Waals surface area (Å²) in [6, 6.07) is 0. The van der Waals surface area contributed by atoms with E-state index in [-0.39, 0.29) is 5.91 Å². The molecular formula is C28H40N4O. The fourth-order valence-electron chi connectivity index (χ4n) is 10.0. The van der Waals surface area contributed by atoms with Crippen molar-refractivity contribution in [2.75, 3.05) is 0 Å². The van der Waals surface area contributed by atoms with E-state index >= 15 is 0 Å². The Morgan fingerprint density at radius 1 is 0.848 bits per heavy atom. The average molecular weight is 449 g/mol. The second kappa shape index (κ2) is 7.68. The van der Waals surface area contributed by atoms with Crippen LogP contribution in [0.5, 0.6) is 0 Å². The van der Waals surface area contributed by atoms with Crippen LogP contribution in [-0.4, -0.2) is 22.1 Å². The van der Waals surface area contributed by atoms with Crippen molar-refractivity contribution < 1.29 is 4.79 Å². The maximum Gasteiger partial charge on any atom is 0.291 e. The Balaban J connectivity index is 1.24. The van der Waals surface area contributed by atoms with Crippen molar-refractivity contribution in [1.29, 1.82) is 0 Å². The highest BCUT2D eigenvalue weighted by atomic mass is 16.2. The number of hydrogen-bond donors (Lipinski definition) is 2. The van der Waals surface area contributed by atoms with Gasteiger partial charge in [0.15, 0.2) is 5.69 Å². The minimum absolute atomic E-state index is 0.109. The minimum atomic E-state index is -0.109. The van der Waals surface area contributed by atoms with E-state index < -0.39 is 0 Å². The largest absolute Gasteiger partial charge is 0.345 e. The van der Waals surface area contributed by atoms with Crippen LogP contribution in [0, 0.1) is 53.3 Å². The van der Waals surface area contributed by atoms with Crippen LogP contribution >= 0.6 is 0 Å². The van der Waals surface area contributed by atoms with Crippen LogP contribution in [0.1, 0.15) is 112 Å². The Kier molecular flexibility index (Phi) is 4.82. The maximum atomic E-state index is 13.4. The van der Waals surface area contributed by atoms with Gasteiger partial charge >= 0.3 is 0 Å². The number of carbonyl (C=O) groups excluding carboxylic acids is 1. The standard InChI is InChI=1S/C28H40N4O/c1-14(2)13-29-32-28(33)26-25(23-19-5-15-3-16(7-19)8-20(23)6-15)30-27(31-26)24-21-9-17-4-18(11-21)12-22(24)10-17/h13-24H,3-12H2,1-2H3,(H,30,31)(H,32,33)/b29-13+. The molecular weight excluding hydrogens is 408 g/mol. The molecule has 5 nitrogen and oxygen atoms in total. The third-order valence-electron chi connectivity index (χ3n) is 10.6. The second-order valence-electron chi connectivity index (χ2n) is 13.3. The normalized spacial score (nSPS) is 44.9. The molecule has 0 radical (unpaired) electrons. The van der Waals surface area contributed by atoms with Crippen molar-refractivity contribution in [2.45, 2.75) is 89.9 Å². The third-order valence-corrected chi connectivity index (χ3v) is 10.6. The van der Waals surface area contributed by atoms with Crippen molar-refractivity contribution in [2.24, 2.45) is 58.4 Å². The Morgan fingerprint density at radius 3 is 1.82 bits per heavy atom. The molecule has 9 rings (SSSR count). The molecule has 2 N–H and O–H groups in total. The van der Waals surface area contributed by atoms with Gasteiger partial charge in [-0.05, 0) is 117 Å². The highest BCUT2D eigenvalue weighted by Crippen LogP contribution is 2.62. The number of rotatable bonds is 5. The summed E-state index contributed by atoms with van der Waals surface area (Å²) in [5.74, 6) is 9.17. The summed E-state index contributed by atoms with van der Waals surface area (Å²) in [7, 11) is 0. The Morgan fingerprint density at radius 2 is 1.33 bits per heavy atom. The quantitative estimate of drug-likeness (QED) is 0.437. The Labute approximate surface area is 198 Å². The van der Waals surface area contributed by atoms with E-state index in [4.69, 9.17) is 4.98 Å². The number of aromatic amines is 1. The molecule has 0 unspecified atom stereocenters. The molecule has 8 bridgehead atoms. The molecule has 8 fully saturated rings. The average Bonchev–Trinajstić information content (AvgIpc) is 3.16. The van der Waals surface area contributed by atoms with Crippen molar-refractivity contribution in [3.8, 4) is 0 Å². The van der Waals surface area contributed by atoms with Gasteiger partial charge in [-0.25, -0.2) is 10.4 Å². The predicted octanol–water partition coefficient (Wildman–Crippen LogP) is 5.86. The van der Waals surface area contributed by atoms with Gasteiger partial charge in [0.25, 0.3) is 5.91 Å². The molecule has 8 aliphatic carbocycles. The molecule has 8 aliphatic rings. The third kappa shape index (κ3) is 3.43. The topological polar surface area (TPSA) is 70.1 Å². The van der Waals surface area contributed by atoms with Crippen LogP contribution in [0.3, 0.4) is 0 Å². The summed E-state index contributed by atoms with van der Waals surface area (Å²) in [5, 5.41) is 4.24. The summed E-state index contributed by atoms with van der Waals surface area (Å²) in [5.41, 5.74) is 4.66. The fourth-order valence-corrected chi connectivity index (χ4v) is 10.0. The zero-order valence-electron chi connectivity index (χ0n) is 20.3. The van der Waals surface area contributed by atoms with E-state index in [9.17, 15) is 4.79 Å². The summed E-state index contributed by atoms with van der Waals surface area (Å²) in [4.78, 5) is 22.4. The lowest BCUT2D eigenvalue weighted by atomic mass is 9.51. The van der Waals surface area contributed by atoms with Gasteiger partial charge in [-0.2, -0.15) is 5.10 Å². The smallest absolute Gasteiger partial charge is 0.291 e. The monoisotopic (exact) mass is 448 g/mol. The van der Waals surface area contributed by atoms with Crippen molar-refractivity contribution in [3.63, 3.8) is 0 Å². The van der Waals surface area contributed by atoms with E-state index in [1.54, 1.807) is 0 Å². The molecule has 5 heteroatoms. The number of carbonyl (C=O) groups is 1. The van der Waals surface area contributed by atoms with Gasteiger partial charge in [0.2, 0.25) is 0 Å². The highest BCUT2D eigenvalue weighted by Gasteiger charge is 2.52. The van der Waals surface area contributed by atoms with Crippen LogP contribution in [-0.2, 0) is 0 Å². The summed E-state index contributed by atoms with van der Waals surface area (Å²) in [6.45, 7) is 4.16. The Bertz CT molecular complexity index is 905. The van der Waals surface area contributed by atoms with Gasteiger partial charge in [-0.3, -0.25) is 4.79 Å². The van der Waals surface area contributed by atoms with Crippen LogP contribution in [0.15, 0.2) is 5.10 Å². The molecule has 1 amide bonds. The molecule has 1 aromatic rings. The van der Waals surface area contributed by atoms with E-state index in [1.807, 2.05) is 6.21 Å². The van der Waals surface area contributed by atoms with E-state index in [0.717, 1.165) is 53.2 Å². The molecule has 1 aromatic heterocycles. The lowest BCUT2D eigenvalue weighted by molar-refractivity contribution is -0.00742. The van der Waals surface area contributed by atoms with Gasteiger partial charge in [0, 0.05) is 18.1 Å². The number of nitrogens with one attached hydrogen (secondary N) is 2. The van der Waals surface area contributed by atoms with Crippen LogP contribution < -0.4 is 5.43 Å². The number of nitrogens with zero attached hydrogens (tertiary/aromatic N) is 2. The predicted molar refractivity (Wildman–Crippen MR) is 129 cm³/mol. The van der Waals surface area contributed by atoms with Crippen LogP contribution in [0.2, 0.25) is 0 Å². The number of imidazole rings is 1. The number of H-pyrrole nitrogens is 1. The first kappa shape index (κ1) is 20.7. The summed E-state index contributed by atoms with van der Waals surface area (Å²) < 4.78 is 0. The maximum absolute atomic E-state index is 13.4. The van der Waals surface area contributed by atoms with E-state index in [1.165, 1.54) is 69.9 Å². The molecule has 1 heterocycles. The van der Waals surface area contributed by atoms with Crippen LogP contribution in [0.4, 0.5) is 0 Å². The highest BCUT2D eigenvalue weighted by molar-refractivity contribution is 5.94. The first-order valence-corrected chi connectivity index (χ1v) is 13.9. The molecule has 8 saturated carbocycles. The molecule has 33 heavy (non-hydrogen) atoms. The second-order valence-corrected chi connectivity index (χ2v) is 13.3. The summed E-state index contributed by atoms with van der Waals surface area (Å²) >= 11 is 0. The number of hydrogen-bond acceptors (Lipinski definition) is 3. The number of aromatic nitrogens is 2. The van der Waals surface area contributed by atoms with Gasteiger partial charge in [-0.1, -0.05) is 13.8 Å². The van der Waals surface area contributed by atoms with Gasteiger partial charge < -0.3 is 4.98 Å². The first-order valence-electron chi connectivity index (χ1n) is 13.9. The molecule has 0 atom stereocenters. The Hall–Kier alpha value is -1.65. The lowest BCUT2D eigenvalue weighted by Crippen LogP contribution is -2.44. The number of hydrazone groups is 1. The van der Waals surface area contributed by atoms with Crippen molar-refractivity contribution >= 4 is 12.1 Å². The molecule has 0 aliphatic heterocycles. The fraction of sp³-hybridized carbons (Fsp3) is 0.821. The lowest BCUT2D eigenvalue weighted by Gasteiger charge is -2.54. The summed E-state index contributed by atoms with van der Waals surface area (Å²) in [6.07, 6.45) is 15.7. The zero-order valence-corrected chi connectivity index (χ0v) is 20.3. The first-order chi connectivity index (χ1) is 16.0. The van der Waals surface area contributed by atoms with Gasteiger partial charge in [0.05, 0.1) is 5.69 Å². The van der Waals surface area contributed by atoms with Gasteiger partial charge in [-0.15, -0.1) is 0 Å².